The van der Waals surface area contributed by atoms with Gasteiger partial charge in [-0.25, -0.2) is 4.68 Å². The molecule has 8 aromatic rings. The second kappa shape index (κ2) is 22.1. The number of anilines is 1. The van der Waals surface area contributed by atoms with Gasteiger partial charge in [0.05, 0.1) is 32.3 Å². The summed E-state index contributed by atoms with van der Waals surface area (Å²) in [5.74, 6) is -3.13. The summed E-state index contributed by atoms with van der Waals surface area (Å²) in [5, 5.41) is 62.7. The van der Waals surface area contributed by atoms with Crippen LogP contribution in [0, 0.1) is 10.1 Å². The van der Waals surface area contributed by atoms with E-state index in [1.165, 1.54) is 0 Å². The zero-order valence-electron chi connectivity index (χ0n) is 40.8. The molecular weight excluding hydrogens is 1260 g/mol. The van der Waals surface area contributed by atoms with Crippen LogP contribution >= 0.6 is 0 Å². The highest BCUT2D eigenvalue weighted by molar-refractivity contribution is 7.87. The van der Waals surface area contributed by atoms with Gasteiger partial charge in [0.15, 0.2) is 11.5 Å². The number of nitrogen functional groups attached to an aromatic ring is 1. The molecule has 0 saturated carbocycles. The number of phenolic OH excluding ortho intramolecular Hbond substituents is 2. The van der Waals surface area contributed by atoms with Gasteiger partial charge in [-0.3, -0.25) is 52.1 Å². The van der Waals surface area contributed by atoms with Crippen molar-refractivity contribution in [3.8, 4) is 23.1 Å². The SMILES string of the molecule is Nc1c(N=Nc2ccc3c(O)c(N=Nc4ccc(S(=O)(=O)O)c(N=Nc5c(OC=O)[nH]n(-c6ccc(S(=O)(=O)O)cc6)c5=O)c4)c(S(=O)(=O)O)cc3c2S(=O)(=O)O)cc(S(=O)(=O)O)c2ccc(N=Nc3ccc([N+](=O)[O-])cc3S(=O)(=O)O)c(O)c12. The Balaban J connectivity index is 1.21. The van der Waals surface area contributed by atoms with Crippen LogP contribution < -0.4 is 16.0 Å². The van der Waals surface area contributed by atoms with Crippen molar-refractivity contribution < 1.29 is 102 Å². The van der Waals surface area contributed by atoms with E-state index in [-0.39, 0.29) is 12.2 Å². The van der Waals surface area contributed by atoms with E-state index in [4.69, 9.17) is 10.5 Å². The number of fused-ring (bicyclic) bond motifs is 2. The molecule has 1 aromatic heterocycles. The quantitative estimate of drug-likeness (QED) is 0.0103. The Morgan fingerprint density at radius 3 is 1.66 bits per heavy atom. The first kappa shape index (κ1) is 61.3. The van der Waals surface area contributed by atoms with Gasteiger partial charge in [-0.1, -0.05) is 6.07 Å². The van der Waals surface area contributed by atoms with E-state index < -0.39 is 196 Å². The van der Waals surface area contributed by atoms with E-state index in [1.54, 1.807) is 0 Å². The van der Waals surface area contributed by atoms with Crippen molar-refractivity contribution in [2.24, 2.45) is 40.9 Å². The zero-order chi connectivity index (χ0) is 62.7. The molecule has 0 spiro atoms. The zero-order valence-corrected chi connectivity index (χ0v) is 45.7. The van der Waals surface area contributed by atoms with Gasteiger partial charge in [-0.05, 0) is 78.9 Å². The van der Waals surface area contributed by atoms with Crippen LogP contribution in [-0.4, -0.2) is 109 Å². The molecule has 0 radical (unpaired) electrons. The summed E-state index contributed by atoms with van der Waals surface area (Å²) in [6.07, 6.45) is 0. The number of hydrogen-bond acceptors (Lipinski definition) is 28. The number of non-ortho nitro benzene ring substituents is 1. The third-order valence-corrected chi connectivity index (χ3v) is 16.7. The van der Waals surface area contributed by atoms with Gasteiger partial charge in [0, 0.05) is 28.3 Å². The molecule has 0 fully saturated rings. The van der Waals surface area contributed by atoms with E-state index in [9.17, 15) is 108 Å². The monoisotopic (exact) mass is 1290 g/mol. The van der Waals surface area contributed by atoms with Crippen LogP contribution in [0.4, 0.5) is 56.9 Å². The number of benzene rings is 7. The Kier molecular flexibility index (Phi) is 15.9. The molecule has 37 nitrogen and oxygen atoms in total. The summed E-state index contributed by atoms with van der Waals surface area (Å²) in [6.45, 7) is -0.177. The normalized spacial score (nSPS) is 13.1. The molecule has 0 unspecified atom stereocenters. The number of nitrogens with two attached hydrogens (primary N) is 1. The second-order valence-electron chi connectivity index (χ2n) is 16.6. The maximum atomic E-state index is 13.4. The van der Waals surface area contributed by atoms with Crippen molar-refractivity contribution in [2.45, 2.75) is 29.4 Å². The van der Waals surface area contributed by atoms with Gasteiger partial charge >= 0.3 is 5.56 Å². The van der Waals surface area contributed by atoms with E-state index in [1.807, 2.05) is 0 Å². The molecule has 43 heteroatoms. The van der Waals surface area contributed by atoms with Gasteiger partial charge < -0.3 is 20.7 Å². The number of carbonyl (C=O) groups excluding carboxylic acids is 1. The maximum absolute atomic E-state index is 13.4. The molecule has 0 aliphatic heterocycles. The summed E-state index contributed by atoms with van der Waals surface area (Å²) >= 11 is 0. The van der Waals surface area contributed by atoms with Gasteiger partial charge in [-0.15, -0.1) is 35.8 Å². The summed E-state index contributed by atoms with van der Waals surface area (Å²) < 4.78 is 215. The minimum Gasteiger partial charge on any atom is -0.505 e. The molecule has 11 N–H and O–H groups in total. The Labute approximate surface area is 472 Å². The van der Waals surface area contributed by atoms with Gasteiger partial charge in [0.1, 0.15) is 58.6 Å². The summed E-state index contributed by atoms with van der Waals surface area (Å²) in [6, 6.07) is 12.1. The molecule has 0 bridgehead atoms. The number of aromatic hydroxyl groups is 2. The topological polar surface area (TPSA) is 599 Å². The van der Waals surface area contributed by atoms with Crippen LogP contribution in [0.3, 0.4) is 0 Å². The number of nitro benzene ring substituents is 1. The minimum absolute atomic E-state index is 0.141. The number of ether oxygens (including phenoxy) is 1. The Bertz CT molecular complexity index is 5150. The third-order valence-electron chi connectivity index (χ3n) is 11.3. The molecule has 7 aromatic carbocycles. The number of azo groups is 4. The predicted octanol–water partition coefficient (Wildman–Crippen LogP) is 7.05. The van der Waals surface area contributed by atoms with E-state index in [0.717, 1.165) is 60.7 Å². The number of nitrogens with zero attached hydrogens (tertiary/aromatic N) is 10. The molecule has 0 amide bonds. The number of aromatic nitrogens is 2. The number of carbonyl (C=O) groups is 1. The van der Waals surface area contributed by atoms with Crippen molar-refractivity contribution in [2.75, 3.05) is 5.73 Å². The van der Waals surface area contributed by atoms with Crippen LogP contribution in [0.5, 0.6) is 17.4 Å². The number of H-pyrrole nitrogens is 1. The first-order chi connectivity index (χ1) is 39.4. The molecule has 0 aliphatic carbocycles. The lowest BCUT2D eigenvalue weighted by Gasteiger charge is -2.13. The Morgan fingerprint density at radius 1 is 0.518 bits per heavy atom. The molecule has 1 heterocycles. The molecule has 85 heavy (non-hydrogen) atoms. The van der Waals surface area contributed by atoms with Crippen LogP contribution in [0.1, 0.15) is 0 Å². The van der Waals surface area contributed by atoms with Gasteiger partial charge in [0.25, 0.3) is 72.9 Å². The number of phenols is 2. The predicted molar refractivity (Wildman–Crippen MR) is 284 cm³/mol. The molecular formula is C42H28N12O25S6. The summed E-state index contributed by atoms with van der Waals surface area (Å²) in [4.78, 5) is 28.3. The lowest BCUT2D eigenvalue weighted by Crippen LogP contribution is -2.14. The van der Waals surface area contributed by atoms with Crippen LogP contribution in [0.25, 0.3) is 27.2 Å². The smallest absolute Gasteiger partial charge is 0.303 e. The molecule has 442 valence electrons. The van der Waals surface area contributed by atoms with E-state index in [0.29, 0.717) is 41.1 Å². The van der Waals surface area contributed by atoms with Crippen LogP contribution in [-0.2, 0) is 65.5 Å². The van der Waals surface area contributed by atoms with Gasteiger partial charge in [0.2, 0.25) is 11.6 Å². The fourth-order valence-electron chi connectivity index (χ4n) is 7.64. The Morgan fingerprint density at radius 2 is 1.07 bits per heavy atom. The Hall–Kier alpha value is -9.80. The number of nitro groups is 1. The van der Waals surface area contributed by atoms with Crippen LogP contribution in [0.2, 0.25) is 0 Å². The largest absolute Gasteiger partial charge is 0.505 e. The summed E-state index contributed by atoms with van der Waals surface area (Å²) in [7, 11) is -31.8. The van der Waals surface area contributed by atoms with Crippen molar-refractivity contribution in [3.63, 3.8) is 0 Å². The molecule has 8 rings (SSSR count). The van der Waals surface area contributed by atoms with Crippen molar-refractivity contribution in [1.29, 1.82) is 0 Å². The number of hydrogen-bond donors (Lipinski definition) is 10. The highest BCUT2D eigenvalue weighted by Crippen LogP contribution is 2.48. The fraction of sp³-hybridized carbons (Fsp3) is 0. The molecule has 0 saturated heterocycles. The first-order valence-corrected chi connectivity index (χ1v) is 30.4. The number of aromatic amines is 1. The average Bonchev–Trinajstić information content (AvgIpc) is 1.74. The summed E-state index contributed by atoms with van der Waals surface area (Å²) in [5.41, 5.74) is -3.21. The third kappa shape index (κ3) is 12.6. The fourth-order valence-corrected chi connectivity index (χ4v) is 11.5. The lowest BCUT2D eigenvalue weighted by molar-refractivity contribution is -0.385. The highest BCUT2D eigenvalue weighted by atomic mass is 32.2. The van der Waals surface area contributed by atoms with Crippen molar-refractivity contribution in [1.82, 2.24) is 9.78 Å². The molecule has 0 aliphatic rings. The lowest BCUT2D eigenvalue weighted by atomic mass is 10.1. The number of rotatable bonds is 18. The minimum atomic E-state index is -5.70. The average molecular weight is 1290 g/mol. The van der Waals surface area contributed by atoms with Crippen molar-refractivity contribution in [3.05, 3.63) is 118 Å². The van der Waals surface area contributed by atoms with E-state index in [2.05, 4.69) is 46.0 Å². The second-order valence-corrected chi connectivity index (χ2v) is 24.9. The maximum Gasteiger partial charge on any atom is 0.303 e. The standard InChI is InChI=1S/C42H28N12O25S6/c43-35-29(16-31(82(67,68)69)23-8-10-26(39(57)34(23)35)46-45-25-9-4-20(54(59)60)14-32(25)83(70,71)72)49-47-27-11-7-22-24(40(27)85(76,77)78)15-33(84(73,74)75)36(38(22)56)50-44-18-1-12-30(81(64,65)66)28(13-18)48-51-37-41(79-17-55)52-53(42(37)58)19-2-5-21(6-3-19)80(61,62)63/h1-17,52,56-57H,43H2,(H,61,62,63)(H,64,65,66)(H,67,68,69)(H,70,71,72)(H,73,74,75)(H,76,77,78). The van der Waals surface area contributed by atoms with E-state index >= 15 is 0 Å². The van der Waals surface area contributed by atoms with Crippen molar-refractivity contribution >= 4 is 146 Å². The first-order valence-electron chi connectivity index (χ1n) is 21.8. The number of nitrogens with one attached hydrogen (secondary N) is 1. The van der Waals surface area contributed by atoms with Gasteiger partial charge in [-0.2, -0.15) is 55.6 Å². The molecule has 0 atom stereocenters. The van der Waals surface area contributed by atoms with Crippen LogP contribution in [0.15, 0.2) is 172 Å². The highest BCUT2D eigenvalue weighted by Gasteiger charge is 2.30.